The van der Waals surface area contributed by atoms with Crippen molar-refractivity contribution in [2.45, 2.75) is 32.2 Å². The van der Waals surface area contributed by atoms with Gasteiger partial charge in [0.15, 0.2) is 0 Å². The Balaban J connectivity index is 3.19. The molecular weight excluding hydrogens is 280 g/mol. The van der Waals surface area contributed by atoms with E-state index in [1.807, 2.05) is 0 Å². The van der Waals surface area contributed by atoms with E-state index in [9.17, 15) is 9.59 Å². The summed E-state index contributed by atoms with van der Waals surface area (Å²) in [4.78, 5) is 24.7. The monoisotopic (exact) mass is 298 g/mol. The maximum Gasteiger partial charge on any atom is 0.323 e. The molecule has 3 N–H and O–H groups in total. The maximum atomic E-state index is 12.6. The molecule has 0 aliphatic carbocycles. The van der Waals surface area contributed by atoms with Gasteiger partial charge in [0.25, 0.3) is 0 Å². The fourth-order valence-electron chi connectivity index (χ4n) is 1.88. The molecule has 0 bridgehead atoms. The highest BCUT2D eigenvalue weighted by atomic mass is 35.5. The van der Waals surface area contributed by atoms with E-state index in [0.717, 1.165) is 0 Å². The van der Waals surface area contributed by atoms with Gasteiger partial charge in [-0.05, 0) is 31.0 Å². The molecule has 0 saturated heterocycles. The summed E-state index contributed by atoms with van der Waals surface area (Å²) in [7, 11) is 0. The molecule has 0 unspecified atom stereocenters. The minimum absolute atomic E-state index is 0.410. The van der Waals surface area contributed by atoms with E-state index in [1.165, 1.54) is 4.90 Å². The molecule has 5 nitrogen and oxygen atoms in total. The van der Waals surface area contributed by atoms with Crippen LogP contribution in [-0.4, -0.2) is 29.1 Å². The average Bonchev–Trinajstić information content (AvgIpc) is 2.43. The first-order valence-electron chi connectivity index (χ1n) is 6.42. The van der Waals surface area contributed by atoms with Gasteiger partial charge in [0.1, 0.15) is 6.54 Å². The van der Waals surface area contributed by atoms with E-state index < -0.39 is 24.0 Å². The Kier molecular flexibility index (Phi) is 5.53. The standard InChI is InChI=1S/C14H19ClN2O3/c1-3-14(16,4-2)13(20)17(9-12(18)19)11-7-5-6-10(15)8-11/h5-8H,3-4,9,16H2,1-2H3,(H,18,19). The number of carboxylic acids is 1. The van der Waals surface area contributed by atoms with Crippen LogP contribution >= 0.6 is 11.6 Å². The number of nitrogens with two attached hydrogens (primary N) is 1. The zero-order valence-electron chi connectivity index (χ0n) is 11.6. The van der Waals surface area contributed by atoms with Crippen LogP contribution in [-0.2, 0) is 9.59 Å². The summed E-state index contributed by atoms with van der Waals surface area (Å²) in [5.41, 5.74) is 5.44. The third kappa shape index (κ3) is 3.71. The van der Waals surface area contributed by atoms with Crippen molar-refractivity contribution in [1.29, 1.82) is 0 Å². The van der Waals surface area contributed by atoms with Crippen molar-refractivity contribution < 1.29 is 14.7 Å². The normalized spacial score (nSPS) is 11.2. The Morgan fingerprint density at radius 1 is 1.35 bits per heavy atom. The van der Waals surface area contributed by atoms with Gasteiger partial charge in [0.05, 0.1) is 5.54 Å². The number of amides is 1. The Morgan fingerprint density at radius 3 is 2.40 bits per heavy atom. The molecule has 0 aromatic heterocycles. The summed E-state index contributed by atoms with van der Waals surface area (Å²) in [5, 5.41) is 9.44. The summed E-state index contributed by atoms with van der Waals surface area (Å²) in [6.45, 7) is 3.16. The smallest absolute Gasteiger partial charge is 0.323 e. The van der Waals surface area contributed by atoms with Gasteiger partial charge < -0.3 is 10.8 Å². The van der Waals surface area contributed by atoms with Crippen molar-refractivity contribution in [3.63, 3.8) is 0 Å². The van der Waals surface area contributed by atoms with Gasteiger partial charge in [-0.15, -0.1) is 0 Å². The van der Waals surface area contributed by atoms with Gasteiger partial charge >= 0.3 is 5.97 Å². The van der Waals surface area contributed by atoms with E-state index in [2.05, 4.69) is 0 Å². The second-order valence-corrected chi connectivity index (χ2v) is 5.06. The van der Waals surface area contributed by atoms with Gasteiger partial charge in [0.2, 0.25) is 5.91 Å². The van der Waals surface area contributed by atoms with Crippen molar-refractivity contribution in [1.82, 2.24) is 0 Å². The predicted molar refractivity (Wildman–Crippen MR) is 78.9 cm³/mol. The minimum atomic E-state index is -1.10. The zero-order chi connectivity index (χ0) is 15.3. The summed E-state index contributed by atoms with van der Waals surface area (Å²) in [6, 6.07) is 6.51. The van der Waals surface area contributed by atoms with E-state index in [-0.39, 0.29) is 0 Å². The van der Waals surface area contributed by atoms with Crippen LogP contribution in [0.15, 0.2) is 24.3 Å². The van der Waals surface area contributed by atoms with Crippen molar-refractivity contribution in [2.75, 3.05) is 11.4 Å². The predicted octanol–water partition coefficient (Wildman–Crippen LogP) is 2.28. The first kappa shape index (κ1) is 16.5. The summed E-state index contributed by atoms with van der Waals surface area (Å²) in [6.07, 6.45) is 0.859. The number of hydrogen-bond acceptors (Lipinski definition) is 3. The number of carbonyl (C=O) groups excluding carboxylic acids is 1. The van der Waals surface area contributed by atoms with Gasteiger partial charge in [-0.25, -0.2) is 0 Å². The number of carboxylic acid groups (broad SMARTS) is 1. The van der Waals surface area contributed by atoms with Crippen molar-refractivity contribution in [2.24, 2.45) is 5.73 Å². The fraction of sp³-hybridized carbons (Fsp3) is 0.429. The lowest BCUT2D eigenvalue weighted by Crippen LogP contribution is -2.56. The van der Waals surface area contributed by atoms with Crippen molar-refractivity contribution >= 4 is 29.2 Å². The van der Waals surface area contributed by atoms with Crippen molar-refractivity contribution in [3.05, 3.63) is 29.3 Å². The summed E-state index contributed by atoms with van der Waals surface area (Å²) >= 11 is 5.90. The van der Waals surface area contributed by atoms with Crippen LogP contribution in [0.25, 0.3) is 0 Å². The third-order valence-electron chi connectivity index (χ3n) is 3.35. The number of rotatable bonds is 6. The molecule has 0 radical (unpaired) electrons. The highest BCUT2D eigenvalue weighted by molar-refractivity contribution is 6.31. The first-order chi connectivity index (χ1) is 9.34. The Hall–Kier alpha value is -1.59. The number of benzene rings is 1. The molecule has 0 heterocycles. The molecule has 110 valence electrons. The van der Waals surface area contributed by atoms with Gasteiger partial charge in [-0.1, -0.05) is 31.5 Å². The molecule has 1 aromatic rings. The molecule has 1 rings (SSSR count). The largest absolute Gasteiger partial charge is 0.480 e. The molecule has 0 spiro atoms. The Labute approximate surface area is 123 Å². The summed E-state index contributed by atoms with van der Waals surface area (Å²) < 4.78 is 0. The van der Waals surface area contributed by atoms with Crippen LogP contribution in [0.3, 0.4) is 0 Å². The second kappa shape index (κ2) is 6.72. The number of aliphatic carboxylic acids is 1. The fourth-order valence-corrected chi connectivity index (χ4v) is 2.07. The highest BCUT2D eigenvalue weighted by Gasteiger charge is 2.35. The molecule has 1 aromatic carbocycles. The van der Waals surface area contributed by atoms with Crippen LogP contribution in [0.5, 0.6) is 0 Å². The Morgan fingerprint density at radius 2 is 1.95 bits per heavy atom. The molecule has 0 aliphatic rings. The topological polar surface area (TPSA) is 83.6 Å². The lowest BCUT2D eigenvalue weighted by atomic mass is 9.92. The maximum absolute atomic E-state index is 12.6. The van der Waals surface area contributed by atoms with Crippen LogP contribution in [0.1, 0.15) is 26.7 Å². The number of halogens is 1. The molecule has 0 saturated carbocycles. The van der Waals surface area contributed by atoms with E-state index >= 15 is 0 Å². The molecule has 6 heteroatoms. The van der Waals surface area contributed by atoms with Gasteiger partial charge in [0, 0.05) is 10.7 Å². The SMILES string of the molecule is CCC(N)(CC)C(=O)N(CC(=O)O)c1cccc(Cl)c1. The number of nitrogens with zero attached hydrogens (tertiary/aromatic N) is 1. The van der Waals surface area contributed by atoms with E-state index in [0.29, 0.717) is 23.6 Å². The zero-order valence-corrected chi connectivity index (χ0v) is 12.4. The Bertz CT molecular complexity index is 501. The van der Waals surface area contributed by atoms with E-state index in [4.69, 9.17) is 22.4 Å². The van der Waals surface area contributed by atoms with Crippen molar-refractivity contribution in [3.8, 4) is 0 Å². The third-order valence-corrected chi connectivity index (χ3v) is 3.58. The van der Waals surface area contributed by atoms with Gasteiger partial charge in [-0.3, -0.25) is 14.5 Å². The number of anilines is 1. The molecule has 0 atom stereocenters. The molecule has 1 amide bonds. The molecule has 0 aliphatic heterocycles. The second-order valence-electron chi connectivity index (χ2n) is 4.63. The number of carbonyl (C=O) groups is 2. The minimum Gasteiger partial charge on any atom is -0.480 e. The molecule has 20 heavy (non-hydrogen) atoms. The summed E-state index contributed by atoms with van der Waals surface area (Å²) in [5.74, 6) is -1.51. The lowest BCUT2D eigenvalue weighted by Gasteiger charge is -2.32. The molecular formula is C14H19ClN2O3. The number of hydrogen-bond donors (Lipinski definition) is 2. The van der Waals surface area contributed by atoms with E-state index in [1.54, 1.807) is 38.1 Å². The van der Waals surface area contributed by atoms with Gasteiger partial charge in [-0.2, -0.15) is 0 Å². The van der Waals surface area contributed by atoms with Crippen LogP contribution in [0.4, 0.5) is 5.69 Å². The molecule has 0 fully saturated rings. The lowest BCUT2D eigenvalue weighted by molar-refractivity contribution is -0.137. The average molecular weight is 299 g/mol. The van der Waals surface area contributed by atoms with Crippen LogP contribution < -0.4 is 10.6 Å². The quantitative estimate of drug-likeness (QED) is 0.844. The first-order valence-corrected chi connectivity index (χ1v) is 6.80. The highest BCUT2D eigenvalue weighted by Crippen LogP contribution is 2.24. The van der Waals surface area contributed by atoms with Crippen LogP contribution in [0, 0.1) is 0 Å². The van der Waals surface area contributed by atoms with Crippen LogP contribution in [0.2, 0.25) is 5.02 Å².